The van der Waals surface area contributed by atoms with Gasteiger partial charge in [0, 0.05) is 32.4 Å². The number of hydrogen-bond acceptors (Lipinski definition) is 6. The molecule has 0 atom stereocenters. The van der Waals surface area contributed by atoms with Crippen molar-refractivity contribution in [2.24, 2.45) is 0 Å². The maximum Gasteiger partial charge on any atom is 0.341 e. The van der Waals surface area contributed by atoms with Crippen molar-refractivity contribution in [3.63, 3.8) is 0 Å². The molecule has 25 heavy (non-hydrogen) atoms. The van der Waals surface area contributed by atoms with Gasteiger partial charge in [-0.25, -0.2) is 9.78 Å². The zero-order chi connectivity index (χ0) is 17.6. The highest BCUT2D eigenvalue weighted by Crippen LogP contribution is 2.21. The third-order valence-corrected chi connectivity index (χ3v) is 4.95. The third kappa shape index (κ3) is 3.99. The minimum atomic E-state index is -0.360. The number of amides is 1. The van der Waals surface area contributed by atoms with E-state index in [1.807, 2.05) is 22.4 Å². The molecule has 1 amide bonds. The molecule has 0 unspecified atom stereocenters. The van der Waals surface area contributed by atoms with E-state index < -0.39 is 0 Å². The molecule has 1 aliphatic rings. The molecule has 2 aromatic rings. The van der Waals surface area contributed by atoms with Crippen LogP contribution in [0.2, 0.25) is 0 Å². The van der Waals surface area contributed by atoms with Crippen LogP contribution in [0.5, 0.6) is 0 Å². The second kappa shape index (κ2) is 8.11. The first-order chi connectivity index (χ1) is 12.2. The highest BCUT2D eigenvalue weighted by atomic mass is 32.1. The lowest BCUT2D eigenvalue weighted by molar-refractivity contribution is 0.0526. The van der Waals surface area contributed by atoms with Gasteiger partial charge in [-0.05, 0) is 36.9 Å². The van der Waals surface area contributed by atoms with Crippen LogP contribution in [-0.2, 0) is 4.74 Å². The average molecular weight is 359 g/mol. The maximum absolute atomic E-state index is 12.5. The molecule has 1 saturated heterocycles. The van der Waals surface area contributed by atoms with E-state index in [-0.39, 0.29) is 11.9 Å². The van der Waals surface area contributed by atoms with Crippen LogP contribution in [0.3, 0.4) is 0 Å². The van der Waals surface area contributed by atoms with Gasteiger partial charge in [0.05, 0.1) is 11.5 Å². The molecule has 3 rings (SSSR count). The van der Waals surface area contributed by atoms with Crippen LogP contribution in [0.1, 0.15) is 33.4 Å². The quantitative estimate of drug-likeness (QED) is 0.786. The Morgan fingerprint density at radius 2 is 2.08 bits per heavy atom. The van der Waals surface area contributed by atoms with Gasteiger partial charge in [-0.2, -0.15) is 0 Å². The molecule has 3 heterocycles. The number of aromatic nitrogens is 1. The lowest BCUT2D eigenvalue weighted by atomic mass is 10.2. The summed E-state index contributed by atoms with van der Waals surface area (Å²) in [6.45, 7) is 4.81. The standard InChI is InChI=1S/C18H21N3O3S/c1-2-24-18(23)14-6-3-8-19-16(14)20-9-5-10-21(12-11-20)17(22)15-7-4-13-25-15/h3-4,6-8,13H,2,5,9-12H2,1H3. The van der Waals surface area contributed by atoms with Gasteiger partial charge in [0.15, 0.2) is 0 Å². The second-order valence-corrected chi connectivity index (χ2v) is 6.65. The minimum absolute atomic E-state index is 0.0727. The van der Waals surface area contributed by atoms with Crippen molar-refractivity contribution in [3.05, 3.63) is 46.3 Å². The lowest BCUT2D eigenvalue weighted by Crippen LogP contribution is -2.35. The van der Waals surface area contributed by atoms with Crippen molar-refractivity contribution in [1.82, 2.24) is 9.88 Å². The predicted molar refractivity (Wildman–Crippen MR) is 97.2 cm³/mol. The van der Waals surface area contributed by atoms with E-state index >= 15 is 0 Å². The van der Waals surface area contributed by atoms with E-state index in [0.29, 0.717) is 37.6 Å². The van der Waals surface area contributed by atoms with Crippen LogP contribution < -0.4 is 4.90 Å². The Morgan fingerprint density at radius 3 is 2.84 bits per heavy atom. The van der Waals surface area contributed by atoms with E-state index in [4.69, 9.17) is 4.74 Å². The number of carbonyl (C=O) groups is 2. The number of esters is 1. The molecule has 0 aromatic carbocycles. The summed E-state index contributed by atoms with van der Waals surface area (Å²) in [4.78, 5) is 33.8. The van der Waals surface area contributed by atoms with Gasteiger partial charge < -0.3 is 14.5 Å². The van der Waals surface area contributed by atoms with Crippen LogP contribution in [0, 0.1) is 0 Å². The van der Waals surface area contributed by atoms with Crippen LogP contribution in [-0.4, -0.2) is 54.5 Å². The molecule has 1 fully saturated rings. The number of anilines is 1. The van der Waals surface area contributed by atoms with Crippen LogP contribution >= 0.6 is 11.3 Å². The molecule has 0 bridgehead atoms. The average Bonchev–Trinajstić information content (AvgIpc) is 3.06. The molecule has 0 radical (unpaired) electrons. The first-order valence-corrected chi connectivity index (χ1v) is 9.28. The summed E-state index contributed by atoms with van der Waals surface area (Å²) in [5, 5.41) is 1.91. The van der Waals surface area contributed by atoms with Crippen LogP contribution in [0.15, 0.2) is 35.8 Å². The maximum atomic E-state index is 12.5. The number of carbonyl (C=O) groups excluding carboxylic acids is 2. The fraction of sp³-hybridized carbons (Fsp3) is 0.389. The van der Waals surface area contributed by atoms with E-state index in [1.165, 1.54) is 11.3 Å². The van der Waals surface area contributed by atoms with Gasteiger partial charge in [-0.3, -0.25) is 4.79 Å². The molecule has 1 aliphatic heterocycles. The molecule has 7 heteroatoms. The number of pyridine rings is 1. The Kier molecular flexibility index (Phi) is 5.65. The van der Waals surface area contributed by atoms with E-state index in [1.54, 1.807) is 25.3 Å². The molecule has 0 spiro atoms. The van der Waals surface area contributed by atoms with Crippen molar-refractivity contribution in [2.75, 3.05) is 37.7 Å². The van der Waals surface area contributed by atoms with Crippen LogP contribution in [0.4, 0.5) is 5.82 Å². The van der Waals surface area contributed by atoms with Gasteiger partial charge >= 0.3 is 5.97 Å². The van der Waals surface area contributed by atoms with E-state index in [9.17, 15) is 9.59 Å². The first-order valence-electron chi connectivity index (χ1n) is 8.40. The Morgan fingerprint density at radius 1 is 1.20 bits per heavy atom. The normalized spacial score (nSPS) is 14.9. The number of thiophene rings is 1. The molecule has 0 saturated carbocycles. The molecular weight excluding hydrogens is 338 g/mol. The molecule has 6 nitrogen and oxygen atoms in total. The van der Waals surface area contributed by atoms with Gasteiger partial charge in [0.2, 0.25) is 0 Å². The monoisotopic (exact) mass is 359 g/mol. The fourth-order valence-corrected chi connectivity index (χ4v) is 3.60. The van der Waals surface area contributed by atoms with Crippen molar-refractivity contribution < 1.29 is 14.3 Å². The molecular formula is C18H21N3O3S. The van der Waals surface area contributed by atoms with Gasteiger partial charge in [-0.15, -0.1) is 11.3 Å². The summed E-state index contributed by atoms with van der Waals surface area (Å²) in [5.41, 5.74) is 0.474. The zero-order valence-corrected chi connectivity index (χ0v) is 15.0. The Balaban J connectivity index is 1.73. The van der Waals surface area contributed by atoms with Crippen LogP contribution in [0.25, 0.3) is 0 Å². The fourth-order valence-electron chi connectivity index (χ4n) is 2.91. The minimum Gasteiger partial charge on any atom is -0.462 e. The molecule has 0 N–H and O–H groups in total. The van der Waals surface area contributed by atoms with Gasteiger partial charge in [0.25, 0.3) is 5.91 Å². The summed E-state index contributed by atoms with van der Waals surface area (Å²) in [7, 11) is 0. The summed E-state index contributed by atoms with van der Waals surface area (Å²) < 4.78 is 5.13. The highest BCUT2D eigenvalue weighted by molar-refractivity contribution is 7.12. The van der Waals surface area contributed by atoms with Crippen molar-refractivity contribution in [1.29, 1.82) is 0 Å². The predicted octanol–water partition coefficient (Wildman–Crippen LogP) is 2.67. The Hall–Kier alpha value is -2.41. The first kappa shape index (κ1) is 17.4. The Labute approximate surface area is 151 Å². The summed E-state index contributed by atoms with van der Waals surface area (Å²) in [6.07, 6.45) is 2.51. The van der Waals surface area contributed by atoms with Crippen molar-refractivity contribution in [3.8, 4) is 0 Å². The largest absolute Gasteiger partial charge is 0.462 e. The number of hydrogen-bond donors (Lipinski definition) is 0. The number of rotatable bonds is 4. The van der Waals surface area contributed by atoms with Gasteiger partial charge in [-0.1, -0.05) is 6.07 Å². The number of nitrogens with zero attached hydrogens (tertiary/aromatic N) is 3. The summed E-state index contributed by atoms with van der Waals surface area (Å²) in [5.74, 6) is 0.344. The topological polar surface area (TPSA) is 62.7 Å². The van der Waals surface area contributed by atoms with Crippen molar-refractivity contribution in [2.45, 2.75) is 13.3 Å². The lowest BCUT2D eigenvalue weighted by Gasteiger charge is -2.24. The number of ether oxygens (including phenoxy) is 1. The molecule has 0 aliphatic carbocycles. The zero-order valence-electron chi connectivity index (χ0n) is 14.2. The third-order valence-electron chi connectivity index (χ3n) is 4.10. The van der Waals surface area contributed by atoms with E-state index in [2.05, 4.69) is 9.88 Å². The highest BCUT2D eigenvalue weighted by Gasteiger charge is 2.24. The Bertz CT molecular complexity index is 733. The summed E-state index contributed by atoms with van der Waals surface area (Å²) >= 11 is 1.46. The second-order valence-electron chi connectivity index (χ2n) is 5.71. The van der Waals surface area contributed by atoms with Crippen molar-refractivity contribution >= 4 is 29.0 Å². The van der Waals surface area contributed by atoms with Gasteiger partial charge in [0.1, 0.15) is 11.4 Å². The molecule has 132 valence electrons. The molecule has 2 aromatic heterocycles. The summed E-state index contributed by atoms with van der Waals surface area (Å²) in [6, 6.07) is 7.22. The smallest absolute Gasteiger partial charge is 0.341 e. The van der Waals surface area contributed by atoms with E-state index in [0.717, 1.165) is 17.8 Å². The SMILES string of the molecule is CCOC(=O)c1cccnc1N1CCCN(C(=O)c2cccs2)CC1.